The van der Waals surface area contributed by atoms with Crippen LogP contribution in [0.4, 0.5) is 5.69 Å². The van der Waals surface area contributed by atoms with Gasteiger partial charge in [0.05, 0.1) is 18.1 Å². The Morgan fingerprint density at radius 2 is 1.77 bits per heavy atom. The number of carbonyl (C=O) groups excluding carboxylic acids is 2. The fourth-order valence-electron chi connectivity index (χ4n) is 5.23. The number of esters is 1. The van der Waals surface area contributed by atoms with Crippen molar-refractivity contribution >= 4 is 23.4 Å². The Kier molecular flexibility index (Phi) is 8.37. The van der Waals surface area contributed by atoms with Crippen molar-refractivity contribution in [3.63, 3.8) is 0 Å². The highest BCUT2D eigenvalue weighted by atomic mass is 16.6. The Balaban J connectivity index is 1.55. The molecule has 1 fully saturated rings. The number of nitro groups is 1. The van der Waals surface area contributed by atoms with Crippen LogP contribution in [0.15, 0.2) is 47.5 Å². The second-order valence-electron chi connectivity index (χ2n) is 10.7. The van der Waals surface area contributed by atoms with E-state index in [0.29, 0.717) is 12.1 Å². The third kappa shape index (κ3) is 5.97. The molecule has 0 atom stereocenters. The molecule has 0 bridgehead atoms. The average molecular weight is 536 g/mol. The summed E-state index contributed by atoms with van der Waals surface area (Å²) in [6.45, 7) is 7.50. The quantitative estimate of drug-likeness (QED) is 0.192. The van der Waals surface area contributed by atoms with Crippen LogP contribution >= 0.6 is 0 Å². The monoisotopic (exact) mass is 535 g/mol. The van der Waals surface area contributed by atoms with E-state index in [2.05, 4.69) is 6.92 Å². The Morgan fingerprint density at radius 3 is 2.38 bits per heavy atom. The lowest BCUT2D eigenvalue weighted by Crippen LogP contribution is -2.40. The molecule has 208 valence electrons. The van der Waals surface area contributed by atoms with Crippen molar-refractivity contribution in [3.05, 3.63) is 58.1 Å². The number of aliphatic imine (C=N–C) groups is 1. The van der Waals surface area contributed by atoms with Crippen LogP contribution in [0.3, 0.4) is 0 Å². The number of unbranched alkanes of at least 4 members (excludes halogenated alkanes) is 1. The van der Waals surface area contributed by atoms with Crippen molar-refractivity contribution in [1.82, 2.24) is 4.90 Å². The zero-order valence-electron chi connectivity index (χ0n) is 23.2. The summed E-state index contributed by atoms with van der Waals surface area (Å²) >= 11 is 0. The predicted molar refractivity (Wildman–Crippen MR) is 149 cm³/mol. The molecule has 0 radical (unpaired) electrons. The molecule has 2 aromatic rings. The summed E-state index contributed by atoms with van der Waals surface area (Å²) < 4.78 is 10.9. The predicted octanol–water partition coefficient (Wildman–Crippen LogP) is 6.23. The molecule has 2 aliphatic rings. The molecule has 0 saturated heterocycles. The standard InChI is InChI=1S/C30H37N3O6/c1-5-7-10-26-31-30(17-8-9-18-30)27(34)32(26)20-21-11-13-22(14-12-21)23-15-16-24(33(36)37)25(19-23)39-29(3,4)28(35)38-6-2/h11-16,19H,5-10,17-18,20H2,1-4H3. The zero-order valence-corrected chi connectivity index (χ0v) is 23.2. The van der Waals surface area contributed by atoms with Gasteiger partial charge in [0.25, 0.3) is 5.91 Å². The molecule has 1 heterocycles. The lowest BCUT2D eigenvalue weighted by atomic mass is 9.98. The molecule has 9 nitrogen and oxygen atoms in total. The van der Waals surface area contributed by atoms with Crippen LogP contribution in [0.2, 0.25) is 0 Å². The molecule has 1 aliphatic carbocycles. The van der Waals surface area contributed by atoms with Crippen LogP contribution in [0.5, 0.6) is 5.75 Å². The normalized spacial score (nSPS) is 16.5. The SMILES string of the molecule is CCCCC1=NC2(CCCC2)C(=O)N1Cc1ccc(-c2ccc([N+](=O)[O-])c(OC(C)(C)C(=O)OCC)c2)cc1. The van der Waals surface area contributed by atoms with Gasteiger partial charge in [-0.3, -0.25) is 24.8 Å². The first-order chi connectivity index (χ1) is 18.6. The molecule has 1 amide bonds. The largest absolute Gasteiger partial charge is 0.469 e. The van der Waals surface area contributed by atoms with Crippen LogP contribution in [0.25, 0.3) is 11.1 Å². The maximum Gasteiger partial charge on any atom is 0.349 e. The third-order valence-electron chi connectivity index (χ3n) is 7.40. The number of nitro benzene ring substituents is 1. The van der Waals surface area contributed by atoms with E-state index in [-0.39, 0.29) is 24.0 Å². The molecule has 9 heteroatoms. The summed E-state index contributed by atoms with van der Waals surface area (Å²) in [7, 11) is 0. The van der Waals surface area contributed by atoms with E-state index in [9.17, 15) is 19.7 Å². The number of amides is 1. The molecule has 0 unspecified atom stereocenters. The second kappa shape index (κ2) is 11.6. The summed E-state index contributed by atoms with van der Waals surface area (Å²) in [6, 6.07) is 12.4. The van der Waals surface area contributed by atoms with E-state index in [1.807, 2.05) is 29.2 Å². The van der Waals surface area contributed by atoms with Crippen LogP contribution in [0.1, 0.15) is 78.2 Å². The van der Waals surface area contributed by atoms with Crippen LogP contribution in [0, 0.1) is 10.1 Å². The zero-order chi connectivity index (χ0) is 28.2. The van der Waals surface area contributed by atoms with Gasteiger partial charge in [0.1, 0.15) is 11.4 Å². The minimum atomic E-state index is -1.40. The van der Waals surface area contributed by atoms with Crippen LogP contribution < -0.4 is 4.74 Å². The van der Waals surface area contributed by atoms with Gasteiger partial charge in [-0.15, -0.1) is 0 Å². The van der Waals surface area contributed by atoms with E-state index in [1.165, 1.54) is 19.9 Å². The molecule has 0 N–H and O–H groups in total. The molecular weight excluding hydrogens is 498 g/mol. The van der Waals surface area contributed by atoms with Gasteiger partial charge in [-0.1, -0.05) is 50.5 Å². The Labute approximate surface area is 229 Å². The van der Waals surface area contributed by atoms with Gasteiger partial charge in [0.2, 0.25) is 5.60 Å². The van der Waals surface area contributed by atoms with E-state index < -0.39 is 22.0 Å². The molecule has 0 aromatic heterocycles. The number of rotatable bonds is 11. The minimum absolute atomic E-state index is 0.0130. The van der Waals surface area contributed by atoms with Crippen molar-refractivity contribution in [2.75, 3.05) is 6.61 Å². The number of benzene rings is 2. The Bertz CT molecular complexity index is 1260. The number of carbonyl (C=O) groups is 2. The summed E-state index contributed by atoms with van der Waals surface area (Å²) in [6.07, 6.45) is 6.57. The van der Waals surface area contributed by atoms with Crippen molar-refractivity contribution in [2.24, 2.45) is 4.99 Å². The van der Waals surface area contributed by atoms with E-state index in [0.717, 1.165) is 61.9 Å². The van der Waals surface area contributed by atoms with Crippen molar-refractivity contribution in [1.29, 1.82) is 0 Å². The Hall–Kier alpha value is -3.75. The Morgan fingerprint density at radius 1 is 1.10 bits per heavy atom. The molecule has 1 aliphatic heterocycles. The smallest absolute Gasteiger partial charge is 0.349 e. The molecule has 39 heavy (non-hydrogen) atoms. The van der Waals surface area contributed by atoms with Gasteiger partial charge >= 0.3 is 11.7 Å². The lowest BCUT2D eigenvalue weighted by molar-refractivity contribution is -0.386. The van der Waals surface area contributed by atoms with Crippen molar-refractivity contribution < 1.29 is 24.0 Å². The maximum absolute atomic E-state index is 13.4. The molecule has 4 rings (SSSR count). The number of ether oxygens (including phenoxy) is 2. The van der Waals surface area contributed by atoms with Crippen molar-refractivity contribution in [2.45, 2.75) is 90.3 Å². The highest BCUT2D eigenvalue weighted by Gasteiger charge is 2.49. The lowest BCUT2D eigenvalue weighted by Gasteiger charge is -2.24. The van der Waals surface area contributed by atoms with Gasteiger partial charge in [-0.25, -0.2) is 4.79 Å². The van der Waals surface area contributed by atoms with Gasteiger partial charge in [0, 0.05) is 12.5 Å². The third-order valence-corrected chi connectivity index (χ3v) is 7.40. The number of hydrogen-bond donors (Lipinski definition) is 0. The molecule has 2 aromatic carbocycles. The number of hydrogen-bond acceptors (Lipinski definition) is 7. The minimum Gasteiger partial charge on any atom is -0.469 e. The second-order valence-corrected chi connectivity index (χ2v) is 10.7. The fraction of sp³-hybridized carbons (Fsp3) is 0.500. The van der Waals surface area contributed by atoms with Gasteiger partial charge < -0.3 is 9.47 Å². The highest BCUT2D eigenvalue weighted by molar-refractivity contribution is 6.08. The van der Waals surface area contributed by atoms with E-state index >= 15 is 0 Å². The average Bonchev–Trinajstić information content (AvgIpc) is 3.48. The molecular formula is C30H37N3O6. The summed E-state index contributed by atoms with van der Waals surface area (Å²) in [5.41, 5.74) is 0.309. The summed E-state index contributed by atoms with van der Waals surface area (Å²) in [5.74, 6) is 0.401. The number of nitrogens with zero attached hydrogens (tertiary/aromatic N) is 3. The summed E-state index contributed by atoms with van der Waals surface area (Å²) in [4.78, 5) is 43.7. The summed E-state index contributed by atoms with van der Waals surface area (Å²) in [5, 5.41) is 11.6. The van der Waals surface area contributed by atoms with E-state index in [1.54, 1.807) is 19.1 Å². The van der Waals surface area contributed by atoms with Crippen LogP contribution in [-0.4, -0.2) is 45.3 Å². The first-order valence-corrected chi connectivity index (χ1v) is 13.7. The fourth-order valence-corrected chi connectivity index (χ4v) is 5.23. The van der Waals surface area contributed by atoms with E-state index in [4.69, 9.17) is 14.5 Å². The number of amidine groups is 1. The van der Waals surface area contributed by atoms with Gasteiger partial charge in [-0.05, 0) is 68.9 Å². The topological polar surface area (TPSA) is 111 Å². The van der Waals surface area contributed by atoms with Gasteiger partial charge in [0.15, 0.2) is 5.75 Å². The van der Waals surface area contributed by atoms with Crippen LogP contribution in [-0.2, 0) is 20.9 Å². The first-order valence-electron chi connectivity index (χ1n) is 13.7. The first kappa shape index (κ1) is 28.3. The highest BCUT2D eigenvalue weighted by Crippen LogP contribution is 2.40. The maximum atomic E-state index is 13.4. The molecule has 1 spiro atoms. The van der Waals surface area contributed by atoms with Crippen molar-refractivity contribution in [3.8, 4) is 16.9 Å². The van der Waals surface area contributed by atoms with Gasteiger partial charge in [-0.2, -0.15) is 0 Å². The molecule has 1 saturated carbocycles.